The standard InChI is InChI=1S/C26H21FN2O2/c1-15(2)25-24(16-7-9-17(10-8-16)26(30)31)20-11-18-13-28-14-19(18)12-23(20)29(25)22-6-4-3-5-21(22)27/h3-12,14-15H,13H2,1-2H3,(H,30,31). The van der Waals surface area contributed by atoms with Crippen LogP contribution in [-0.2, 0) is 6.54 Å². The highest BCUT2D eigenvalue weighted by molar-refractivity contribution is 6.03. The monoisotopic (exact) mass is 412 g/mol. The molecule has 0 saturated carbocycles. The molecule has 0 atom stereocenters. The van der Waals surface area contributed by atoms with Gasteiger partial charge in [0.2, 0.25) is 0 Å². The number of aromatic carboxylic acids is 1. The van der Waals surface area contributed by atoms with Crippen LogP contribution in [0.4, 0.5) is 4.39 Å². The lowest BCUT2D eigenvalue weighted by molar-refractivity contribution is 0.0697. The molecule has 1 aliphatic heterocycles. The fraction of sp³-hybridized carbons (Fsp3) is 0.154. The van der Waals surface area contributed by atoms with Gasteiger partial charge in [-0.2, -0.15) is 0 Å². The number of nitrogens with zero attached hydrogens (tertiary/aromatic N) is 2. The van der Waals surface area contributed by atoms with Gasteiger partial charge in [-0.25, -0.2) is 9.18 Å². The number of rotatable bonds is 4. The highest BCUT2D eigenvalue weighted by atomic mass is 19.1. The molecule has 5 rings (SSSR count). The van der Waals surface area contributed by atoms with Gasteiger partial charge in [-0.05, 0) is 59.0 Å². The fourth-order valence-corrected chi connectivity index (χ4v) is 4.44. The summed E-state index contributed by atoms with van der Waals surface area (Å²) in [4.78, 5) is 15.7. The molecule has 154 valence electrons. The van der Waals surface area contributed by atoms with Gasteiger partial charge in [0.15, 0.2) is 0 Å². The second-order valence-electron chi connectivity index (χ2n) is 8.12. The van der Waals surface area contributed by atoms with Crippen LogP contribution in [0, 0.1) is 5.82 Å². The van der Waals surface area contributed by atoms with E-state index in [0.717, 1.165) is 38.9 Å². The second-order valence-corrected chi connectivity index (χ2v) is 8.12. The molecule has 0 bridgehead atoms. The van der Waals surface area contributed by atoms with Crippen molar-refractivity contribution in [3.63, 3.8) is 0 Å². The average molecular weight is 412 g/mol. The van der Waals surface area contributed by atoms with Gasteiger partial charge < -0.3 is 9.67 Å². The summed E-state index contributed by atoms with van der Waals surface area (Å²) in [6.45, 7) is 4.82. The van der Waals surface area contributed by atoms with E-state index in [1.54, 1.807) is 24.3 Å². The molecule has 4 nitrogen and oxygen atoms in total. The van der Waals surface area contributed by atoms with Crippen LogP contribution in [0.15, 0.2) is 65.7 Å². The number of aromatic nitrogens is 1. The van der Waals surface area contributed by atoms with Crippen molar-refractivity contribution in [1.29, 1.82) is 0 Å². The van der Waals surface area contributed by atoms with Gasteiger partial charge in [-0.1, -0.05) is 38.1 Å². The van der Waals surface area contributed by atoms with Crippen molar-refractivity contribution < 1.29 is 14.3 Å². The van der Waals surface area contributed by atoms with Crippen LogP contribution < -0.4 is 0 Å². The minimum absolute atomic E-state index is 0.102. The third kappa shape index (κ3) is 3.05. The van der Waals surface area contributed by atoms with Crippen LogP contribution in [-0.4, -0.2) is 21.9 Å². The van der Waals surface area contributed by atoms with Crippen molar-refractivity contribution in [3.05, 3.63) is 88.9 Å². The number of carboxylic acids is 1. The predicted octanol–water partition coefficient (Wildman–Crippen LogP) is 6.19. The Morgan fingerprint density at radius 3 is 2.52 bits per heavy atom. The number of halogens is 1. The van der Waals surface area contributed by atoms with Crippen LogP contribution in [0.5, 0.6) is 0 Å². The zero-order chi connectivity index (χ0) is 21.7. The maximum Gasteiger partial charge on any atom is 0.335 e. The summed E-state index contributed by atoms with van der Waals surface area (Å²) in [5.74, 6) is -1.15. The van der Waals surface area contributed by atoms with E-state index in [2.05, 4.69) is 31.0 Å². The Hall–Kier alpha value is -3.73. The molecule has 31 heavy (non-hydrogen) atoms. The SMILES string of the molecule is CC(C)c1c(-c2ccc(C(=O)O)cc2)c2cc3c(cc2n1-c1ccccc1F)C=NC3. The lowest BCUT2D eigenvalue weighted by atomic mass is 9.95. The molecule has 0 radical (unpaired) electrons. The van der Waals surface area contributed by atoms with Crippen molar-refractivity contribution in [3.8, 4) is 16.8 Å². The van der Waals surface area contributed by atoms with E-state index in [1.165, 1.54) is 6.07 Å². The lowest BCUT2D eigenvalue weighted by Gasteiger charge is -2.16. The molecule has 1 aliphatic rings. The van der Waals surface area contributed by atoms with Gasteiger partial charge in [0.05, 0.1) is 23.3 Å². The van der Waals surface area contributed by atoms with Gasteiger partial charge in [-0.15, -0.1) is 0 Å². The minimum atomic E-state index is -0.959. The molecule has 0 spiro atoms. The molecule has 3 aromatic carbocycles. The number of para-hydroxylation sites is 1. The normalized spacial score (nSPS) is 12.6. The smallest absolute Gasteiger partial charge is 0.335 e. The number of fused-ring (bicyclic) bond motifs is 2. The quantitative estimate of drug-likeness (QED) is 0.434. The number of carboxylic acid groups (broad SMARTS) is 1. The number of benzene rings is 3. The molecule has 2 heterocycles. The van der Waals surface area contributed by atoms with Crippen molar-refractivity contribution in [2.75, 3.05) is 0 Å². The third-order valence-electron chi connectivity index (χ3n) is 5.82. The first-order chi connectivity index (χ1) is 15.0. The van der Waals surface area contributed by atoms with Crippen molar-refractivity contribution in [1.82, 2.24) is 4.57 Å². The summed E-state index contributed by atoms with van der Waals surface area (Å²) in [7, 11) is 0. The van der Waals surface area contributed by atoms with Gasteiger partial charge in [0.1, 0.15) is 5.82 Å². The Balaban J connectivity index is 1.90. The molecule has 0 saturated heterocycles. The molecule has 0 amide bonds. The average Bonchev–Trinajstić information content (AvgIpc) is 3.34. The first-order valence-electron chi connectivity index (χ1n) is 10.3. The van der Waals surface area contributed by atoms with E-state index in [0.29, 0.717) is 12.2 Å². The van der Waals surface area contributed by atoms with Gasteiger partial charge in [0.25, 0.3) is 0 Å². The van der Waals surface area contributed by atoms with Crippen LogP contribution in [0.3, 0.4) is 0 Å². The highest BCUT2D eigenvalue weighted by Crippen LogP contribution is 2.42. The van der Waals surface area contributed by atoms with Gasteiger partial charge in [0, 0.05) is 22.9 Å². The molecule has 0 unspecified atom stereocenters. The maximum atomic E-state index is 15.0. The molecular formula is C26H21FN2O2. The lowest BCUT2D eigenvalue weighted by Crippen LogP contribution is -2.05. The number of hydrogen-bond donors (Lipinski definition) is 1. The molecule has 1 aromatic heterocycles. The largest absolute Gasteiger partial charge is 0.478 e. The van der Waals surface area contributed by atoms with Crippen molar-refractivity contribution in [2.45, 2.75) is 26.3 Å². The Bertz CT molecular complexity index is 1360. The topological polar surface area (TPSA) is 54.6 Å². The van der Waals surface area contributed by atoms with Crippen LogP contribution in [0.2, 0.25) is 0 Å². The Labute approximate surface area is 179 Å². The van der Waals surface area contributed by atoms with Gasteiger partial charge in [-0.3, -0.25) is 4.99 Å². The van der Waals surface area contributed by atoms with E-state index in [9.17, 15) is 14.3 Å². The van der Waals surface area contributed by atoms with E-state index in [-0.39, 0.29) is 17.3 Å². The molecular weight excluding hydrogens is 391 g/mol. The summed E-state index contributed by atoms with van der Waals surface area (Å²) in [5.41, 5.74) is 6.73. The van der Waals surface area contributed by atoms with E-state index in [4.69, 9.17) is 0 Å². The Kier molecular flexibility index (Phi) is 4.47. The first-order valence-corrected chi connectivity index (χ1v) is 10.3. The minimum Gasteiger partial charge on any atom is -0.478 e. The number of hydrogen-bond acceptors (Lipinski definition) is 2. The summed E-state index contributed by atoms with van der Waals surface area (Å²) >= 11 is 0. The summed E-state index contributed by atoms with van der Waals surface area (Å²) in [6.07, 6.45) is 1.86. The van der Waals surface area contributed by atoms with E-state index >= 15 is 0 Å². The second kappa shape index (κ2) is 7.20. The summed E-state index contributed by atoms with van der Waals surface area (Å²) in [6, 6.07) is 17.9. The fourth-order valence-electron chi connectivity index (χ4n) is 4.44. The van der Waals surface area contributed by atoms with E-state index in [1.807, 2.05) is 29.0 Å². The molecule has 0 aliphatic carbocycles. The molecule has 5 heteroatoms. The predicted molar refractivity (Wildman–Crippen MR) is 121 cm³/mol. The molecule has 4 aromatic rings. The summed E-state index contributed by atoms with van der Waals surface area (Å²) in [5, 5.41) is 10.3. The molecule has 1 N–H and O–H groups in total. The number of aliphatic imine (C=N–C) groups is 1. The molecule has 0 fully saturated rings. The Morgan fingerprint density at radius 1 is 1.10 bits per heavy atom. The van der Waals surface area contributed by atoms with Crippen molar-refractivity contribution in [2.24, 2.45) is 4.99 Å². The Morgan fingerprint density at radius 2 is 1.84 bits per heavy atom. The summed E-state index contributed by atoms with van der Waals surface area (Å²) < 4.78 is 17.0. The van der Waals surface area contributed by atoms with Crippen LogP contribution >= 0.6 is 0 Å². The van der Waals surface area contributed by atoms with E-state index < -0.39 is 5.97 Å². The number of carbonyl (C=O) groups is 1. The van der Waals surface area contributed by atoms with Crippen LogP contribution in [0.25, 0.3) is 27.7 Å². The maximum absolute atomic E-state index is 15.0. The van der Waals surface area contributed by atoms with Crippen molar-refractivity contribution >= 4 is 23.1 Å². The van der Waals surface area contributed by atoms with Gasteiger partial charge >= 0.3 is 5.97 Å². The first kappa shape index (κ1) is 19.2. The van der Waals surface area contributed by atoms with Crippen LogP contribution in [0.1, 0.15) is 46.9 Å². The third-order valence-corrected chi connectivity index (χ3v) is 5.82. The highest BCUT2D eigenvalue weighted by Gasteiger charge is 2.25. The zero-order valence-corrected chi connectivity index (χ0v) is 17.3. The zero-order valence-electron chi connectivity index (χ0n) is 17.3.